The van der Waals surface area contributed by atoms with Gasteiger partial charge in [0.2, 0.25) is 0 Å². The second-order valence-corrected chi connectivity index (χ2v) is 10.6. The van der Waals surface area contributed by atoms with Gasteiger partial charge in [-0.15, -0.1) is 0 Å². The molecule has 0 spiro atoms. The fourth-order valence-electron chi connectivity index (χ4n) is 3.77. The number of benzene rings is 3. The number of rotatable bonds is 9. The largest absolute Gasteiger partial charge is 0.493 e. The van der Waals surface area contributed by atoms with Crippen LogP contribution >= 0.6 is 38.5 Å². The maximum Gasteiger partial charge on any atom is 0.282 e. The molecule has 11 heteroatoms. The molecule has 0 unspecified atom stereocenters. The van der Waals surface area contributed by atoms with Crippen LogP contribution in [0.2, 0.25) is 0 Å². The molecule has 0 aliphatic heterocycles. The summed E-state index contributed by atoms with van der Waals surface area (Å²) in [6.07, 6.45) is 2.39. The van der Waals surface area contributed by atoms with Gasteiger partial charge >= 0.3 is 0 Å². The van der Waals surface area contributed by atoms with Gasteiger partial charge in [-0.3, -0.25) is 14.9 Å². The molecule has 0 aliphatic rings. The zero-order valence-electron chi connectivity index (χ0n) is 20.9. The number of aromatic nitrogens is 2. The molecule has 0 fully saturated rings. The van der Waals surface area contributed by atoms with E-state index in [0.717, 1.165) is 14.5 Å². The number of hydrogen-bond acceptors (Lipinski definition) is 7. The quantitative estimate of drug-likeness (QED) is 0.0842. The Morgan fingerprint density at radius 1 is 1.24 bits per heavy atom. The molecule has 196 valence electrons. The van der Waals surface area contributed by atoms with E-state index in [9.17, 15) is 14.9 Å². The fourth-order valence-corrected chi connectivity index (χ4v) is 4.92. The summed E-state index contributed by atoms with van der Waals surface area (Å²) in [6, 6.07) is 15.3. The zero-order valence-corrected chi connectivity index (χ0v) is 24.6. The molecule has 0 radical (unpaired) electrons. The van der Waals surface area contributed by atoms with Crippen molar-refractivity contribution in [1.29, 1.82) is 0 Å². The Morgan fingerprint density at radius 3 is 2.74 bits per heavy atom. The maximum absolute atomic E-state index is 13.4. The maximum atomic E-state index is 13.4. The van der Waals surface area contributed by atoms with Gasteiger partial charge in [0, 0.05) is 22.5 Å². The van der Waals surface area contributed by atoms with Crippen molar-refractivity contribution in [3.05, 3.63) is 100 Å². The van der Waals surface area contributed by atoms with Crippen LogP contribution in [0.4, 0.5) is 5.69 Å². The minimum atomic E-state index is -0.441. The van der Waals surface area contributed by atoms with E-state index in [1.165, 1.54) is 23.9 Å². The number of nitrogens with zero attached hydrogens (tertiary/aromatic N) is 4. The lowest BCUT2D eigenvalue weighted by Crippen LogP contribution is -2.23. The predicted molar refractivity (Wildman–Crippen MR) is 159 cm³/mol. The Balaban J connectivity index is 1.68. The van der Waals surface area contributed by atoms with Crippen LogP contribution in [0, 0.1) is 13.7 Å². The highest BCUT2D eigenvalue weighted by Gasteiger charge is 2.17. The van der Waals surface area contributed by atoms with E-state index in [0.29, 0.717) is 39.4 Å². The molecule has 4 rings (SSSR count). The molecular weight excluding hydrogens is 667 g/mol. The molecule has 0 bridgehead atoms. The third-order valence-electron chi connectivity index (χ3n) is 5.97. The van der Waals surface area contributed by atoms with Gasteiger partial charge in [0.1, 0.15) is 12.4 Å². The number of hydrogen-bond donors (Lipinski definition) is 0. The fraction of sp³-hybridized carbons (Fsp3) is 0.222. The summed E-state index contributed by atoms with van der Waals surface area (Å²) >= 11 is 5.56. The second kappa shape index (κ2) is 12.0. The molecule has 0 N–H and O–H groups in total. The van der Waals surface area contributed by atoms with E-state index in [4.69, 9.17) is 14.5 Å². The molecule has 4 aromatic rings. The van der Waals surface area contributed by atoms with E-state index >= 15 is 0 Å². The van der Waals surface area contributed by atoms with Crippen LogP contribution in [0.5, 0.6) is 11.5 Å². The number of methoxy groups -OCH3 is 1. The van der Waals surface area contributed by atoms with E-state index in [1.54, 1.807) is 30.5 Å². The number of nitro groups is 1. The molecule has 38 heavy (non-hydrogen) atoms. The van der Waals surface area contributed by atoms with Crippen LogP contribution in [0.3, 0.4) is 0 Å². The van der Waals surface area contributed by atoms with Crippen molar-refractivity contribution in [1.82, 2.24) is 9.66 Å². The summed E-state index contributed by atoms with van der Waals surface area (Å²) in [7, 11) is 1.53. The lowest BCUT2D eigenvalue weighted by molar-refractivity contribution is -0.384. The summed E-state index contributed by atoms with van der Waals surface area (Å²) in [4.78, 5) is 28.7. The van der Waals surface area contributed by atoms with E-state index in [2.05, 4.69) is 43.6 Å². The van der Waals surface area contributed by atoms with E-state index in [1.807, 2.05) is 32.0 Å². The average Bonchev–Trinajstić information content (AvgIpc) is 2.91. The third-order valence-corrected chi connectivity index (χ3v) is 7.26. The summed E-state index contributed by atoms with van der Waals surface area (Å²) in [5.74, 6) is 1.58. The Bertz CT molecular complexity index is 1600. The van der Waals surface area contributed by atoms with Crippen molar-refractivity contribution in [2.24, 2.45) is 5.10 Å². The minimum Gasteiger partial charge on any atom is -0.493 e. The average molecular weight is 691 g/mol. The number of ether oxygens (including phenoxy) is 2. The smallest absolute Gasteiger partial charge is 0.282 e. The van der Waals surface area contributed by atoms with Crippen LogP contribution in [-0.4, -0.2) is 27.9 Å². The molecule has 0 saturated heterocycles. The van der Waals surface area contributed by atoms with Gasteiger partial charge in [-0.1, -0.05) is 41.9 Å². The highest BCUT2D eigenvalue weighted by molar-refractivity contribution is 14.1. The van der Waals surface area contributed by atoms with Crippen molar-refractivity contribution >= 4 is 61.3 Å². The van der Waals surface area contributed by atoms with Crippen molar-refractivity contribution in [2.45, 2.75) is 32.8 Å². The highest BCUT2D eigenvalue weighted by atomic mass is 127. The Morgan fingerprint density at radius 2 is 2.03 bits per heavy atom. The van der Waals surface area contributed by atoms with Crippen LogP contribution in [0.25, 0.3) is 10.9 Å². The highest BCUT2D eigenvalue weighted by Crippen LogP contribution is 2.34. The molecule has 0 amide bonds. The van der Waals surface area contributed by atoms with Gasteiger partial charge in [0.25, 0.3) is 11.2 Å². The Kier molecular flexibility index (Phi) is 8.77. The first-order valence-corrected chi connectivity index (χ1v) is 13.6. The first-order valence-electron chi connectivity index (χ1n) is 11.7. The van der Waals surface area contributed by atoms with E-state index < -0.39 is 4.92 Å². The number of nitro benzene ring substituents is 1. The third kappa shape index (κ3) is 6.04. The Labute approximate surface area is 240 Å². The van der Waals surface area contributed by atoms with E-state index in [-0.39, 0.29) is 23.8 Å². The van der Waals surface area contributed by atoms with Gasteiger partial charge in [-0.05, 0) is 70.5 Å². The summed E-state index contributed by atoms with van der Waals surface area (Å²) < 4.78 is 14.4. The molecule has 9 nitrogen and oxygen atoms in total. The first-order chi connectivity index (χ1) is 18.2. The summed E-state index contributed by atoms with van der Waals surface area (Å²) in [5, 5.41) is 16.1. The minimum absolute atomic E-state index is 0.00172. The van der Waals surface area contributed by atoms with Crippen LogP contribution in [-0.2, 0) is 6.61 Å². The molecule has 1 heterocycles. The molecule has 1 aromatic heterocycles. The van der Waals surface area contributed by atoms with Gasteiger partial charge in [-0.2, -0.15) is 9.78 Å². The molecular formula is C27H24BrIN4O5. The number of non-ortho nitro benzene ring substituents is 1. The van der Waals surface area contributed by atoms with Gasteiger partial charge in [-0.25, -0.2) is 4.98 Å². The van der Waals surface area contributed by atoms with Crippen molar-refractivity contribution in [3.63, 3.8) is 0 Å². The van der Waals surface area contributed by atoms with Gasteiger partial charge < -0.3 is 9.47 Å². The van der Waals surface area contributed by atoms with Gasteiger partial charge in [0.05, 0.1) is 32.7 Å². The van der Waals surface area contributed by atoms with Crippen LogP contribution in [0.1, 0.15) is 43.1 Å². The lowest BCUT2D eigenvalue weighted by atomic mass is 10.1. The standard InChI is InChI=1S/C27H24BrIN4O5/c1-4-16(2)26-31-23-9-8-19(28)13-21(23)27(34)32(26)30-14-18-11-22(29)25(24(12-18)37-3)38-15-17-6-5-7-20(10-17)33(35)36/h5-14,16H,4,15H2,1-3H3/t16-/m0/s1. The first kappa shape index (κ1) is 27.7. The SMILES string of the molecule is CC[C@H](C)c1nc2ccc(Br)cc2c(=O)n1N=Cc1cc(I)c(OCc2cccc([N+](=O)[O-])c2)c(OC)c1. The van der Waals surface area contributed by atoms with Crippen molar-refractivity contribution in [2.75, 3.05) is 7.11 Å². The number of fused-ring (bicyclic) bond motifs is 1. The summed E-state index contributed by atoms with van der Waals surface area (Å²) in [6.45, 7) is 4.18. The lowest BCUT2D eigenvalue weighted by Gasteiger charge is -2.15. The second-order valence-electron chi connectivity index (χ2n) is 8.55. The molecule has 3 aromatic carbocycles. The van der Waals surface area contributed by atoms with Crippen LogP contribution < -0.4 is 15.0 Å². The van der Waals surface area contributed by atoms with Crippen LogP contribution in [0.15, 0.2) is 69.0 Å². The molecule has 0 aliphatic carbocycles. The molecule has 0 saturated carbocycles. The topological polar surface area (TPSA) is 109 Å². The zero-order chi connectivity index (χ0) is 27.4. The van der Waals surface area contributed by atoms with Crippen molar-refractivity contribution < 1.29 is 14.4 Å². The summed E-state index contributed by atoms with van der Waals surface area (Å²) in [5.41, 5.74) is 1.74. The van der Waals surface area contributed by atoms with Crippen molar-refractivity contribution in [3.8, 4) is 11.5 Å². The predicted octanol–water partition coefficient (Wildman–Crippen LogP) is 6.66. The monoisotopic (exact) mass is 690 g/mol. The normalized spacial score (nSPS) is 12.1. The molecule has 1 atom stereocenters. The number of halogens is 2. The van der Waals surface area contributed by atoms with Gasteiger partial charge in [0.15, 0.2) is 11.5 Å². The Hall–Kier alpha value is -3.32.